The van der Waals surface area contributed by atoms with Crippen molar-refractivity contribution in [1.29, 1.82) is 0 Å². The second-order valence-electron chi connectivity index (χ2n) is 16.5. The Bertz CT molecular complexity index is 862. The second-order valence-corrected chi connectivity index (χ2v) is 16.5. The van der Waals surface area contributed by atoms with E-state index >= 15 is 0 Å². The van der Waals surface area contributed by atoms with Gasteiger partial charge in [0.05, 0.1) is 13.2 Å². The van der Waals surface area contributed by atoms with E-state index in [-0.39, 0.29) is 46.4 Å². The average molecular weight is 623 g/mol. The van der Waals surface area contributed by atoms with Crippen LogP contribution < -0.4 is 0 Å². The lowest BCUT2D eigenvalue weighted by Gasteiger charge is -2.54. The molecule has 2 rings (SSSR count). The summed E-state index contributed by atoms with van der Waals surface area (Å²) in [5, 5.41) is 4.29. The van der Waals surface area contributed by atoms with E-state index in [0.717, 1.165) is 19.4 Å². The van der Waals surface area contributed by atoms with Crippen LogP contribution in [0.15, 0.2) is 0 Å². The number of ether oxygens (including phenoxy) is 1. The first kappa shape index (κ1) is 39.2. The van der Waals surface area contributed by atoms with Gasteiger partial charge in [-0.15, -0.1) is 0 Å². The van der Waals surface area contributed by atoms with Gasteiger partial charge in [-0.05, 0) is 92.9 Å². The van der Waals surface area contributed by atoms with Crippen LogP contribution in [-0.2, 0) is 24.0 Å². The molecule has 7 nitrogen and oxygen atoms in total. The molecule has 0 saturated carbocycles. The van der Waals surface area contributed by atoms with Gasteiger partial charge in [-0.25, -0.2) is 0 Å². The molecule has 7 heteroatoms. The fourth-order valence-electron chi connectivity index (χ4n) is 8.12. The maximum Gasteiger partial charge on any atom is 0.313 e. The first-order valence-corrected chi connectivity index (χ1v) is 18.0. The molecule has 0 radical (unpaired) electrons. The SMILES string of the molecule is CCCCC(CC)CON1C(C)(C)CC(OC(=O)CC(=O)C2CC(C)(C)N(OCC(CC)CCCC)C(C)(C)C2)CC1(C)C. The van der Waals surface area contributed by atoms with E-state index in [2.05, 4.69) is 93.2 Å². The summed E-state index contributed by atoms with van der Waals surface area (Å²) in [6.45, 7) is 27.7. The van der Waals surface area contributed by atoms with Crippen LogP contribution in [0.4, 0.5) is 0 Å². The minimum absolute atomic E-state index is 0.0119. The molecular formula is C37H70N2O5. The van der Waals surface area contributed by atoms with Gasteiger partial charge < -0.3 is 4.74 Å². The molecule has 44 heavy (non-hydrogen) atoms. The van der Waals surface area contributed by atoms with Crippen LogP contribution in [0.25, 0.3) is 0 Å². The van der Waals surface area contributed by atoms with E-state index in [9.17, 15) is 9.59 Å². The molecule has 0 aromatic carbocycles. The maximum atomic E-state index is 13.5. The van der Waals surface area contributed by atoms with Crippen LogP contribution >= 0.6 is 0 Å². The maximum absolute atomic E-state index is 13.5. The van der Waals surface area contributed by atoms with Crippen molar-refractivity contribution in [1.82, 2.24) is 10.1 Å². The molecule has 0 N–H and O–H groups in total. The number of hydrogen-bond acceptors (Lipinski definition) is 7. The average Bonchev–Trinajstić information content (AvgIpc) is 2.89. The van der Waals surface area contributed by atoms with Crippen LogP contribution in [-0.4, -0.2) is 63.4 Å². The Hall–Kier alpha value is -1.02. The molecule has 2 heterocycles. The van der Waals surface area contributed by atoms with E-state index in [1.807, 2.05) is 0 Å². The number of hydrogen-bond donors (Lipinski definition) is 0. The van der Waals surface area contributed by atoms with Gasteiger partial charge in [0.15, 0.2) is 0 Å². The number of esters is 1. The van der Waals surface area contributed by atoms with E-state index in [0.29, 0.717) is 44.1 Å². The van der Waals surface area contributed by atoms with Crippen LogP contribution in [0.2, 0.25) is 0 Å². The van der Waals surface area contributed by atoms with Crippen LogP contribution in [0, 0.1) is 17.8 Å². The lowest BCUT2D eigenvalue weighted by Crippen LogP contribution is -2.62. The largest absolute Gasteiger partial charge is 0.462 e. The van der Waals surface area contributed by atoms with Gasteiger partial charge in [0.1, 0.15) is 18.3 Å². The number of hydroxylamine groups is 4. The second kappa shape index (κ2) is 16.7. The van der Waals surface area contributed by atoms with Crippen molar-refractivity contribution in [3.05, 3.63) is 0 Å². The van der Waals surface area contributed by atoms with Gasteiger partial charge in [0, 0.05) is 40.9 Å². The molecule has 0 aromatic heterocycles. The molecule has 2 fully saturated rings. The third kappa shape index (κ3) is 11.1. The molecular weight excluding hydrogens is 552 g/mol. The summed E-state index contributed by atoms with van der Waals surface area (Å²) in [6, 6.07) is 0. The summed E-state index contributed by atoms with van der Waals surface area (Å²) in [7, 11) is 0. The minimum atomic E-state index is -0.400. The highest BCUT2D eigenvalue weighted by Crippen LogP contribution is 2.43. The molecule has 2 saturated heterocycles. The quantitative estimate of drug-likeness (QED) is 0.112. The third-order valence-corrected chi connectivity index (χ3v) is 10.2. The highest BCUT2D eigenvalue weighted by Gasteiger charge is 2.50. The van der Waals surface area contributed by atoms with Crippen LogP contribution in [0.5, 0.6) is 0 Å². The fraction of sp³-hybridized carbons (Fsp3) is 0.946. The predicted molar refractivity (Wildman–Crippen MR) is 180 cm³/mol. The number of nitrogens with zero attached hydrogens (tertiary/aromatic N) is 2. The van der Waals surface area contributed by atoms with E-state index in [1.54, 1.807) is 0 Å². The summed E-state index contributed by atoms with van der Waals surface area (Å²) < 4.78 is 6.03. The molecule has 0 aromatic rings. The summed E-state index contributed by atoms with van der Waals surface area (Å²) in [4.78, 5) is 39.7. The van der Waals surface area contributed by atoms with Gasteiger partial charge in [-0.1, -0.05) is 66.2 Å². The van der Waals surface area contributed by atoms with Crippen LogP contribution in [0.1, 0.15) is 167 Å². The zero-order chi connectivity index (χ0) is 33.3. The van der Waals surface area contributed by atoms with Gasteiger partial charge in [-0.2, -0.15) is 10.1 Å². The van der Waals surface area contributed by atoms with Gasteiger partial charge in [-0.3, -0.25) is 19.3 Å². The topological polar surface area (TPSA) is 68.3 Å². The molecule has 2 atom stereocenters. The first-order valence-electron chi connectivity index (χ1n) is 18.0. The highest BCUT2D eigenvalue weighted by molar-refractivity contribution is 5.97. The van der Waals surface area contributed by atoms with Gasteiger partial charge in [0.25, 0.3) is 0 Å². The summed E-state index contributed by atoms with van der Waals surface area (Å²) in [6.07, 6.45) is 11.7. The molecule has 2 aliphatic rings. The monoisotopic (exact) mass is 623 g/mol. The zero-order valence-electron chi connectivity index (χ0n) is 30.9. The van der Waals surface area contributed by atoms with E-state index in [4.69, 9.17) is 14.4 Å². The predicted octanol–water partition coefficient (Wildman–Crippen LogP) is 9.08. The summed E-state index contributed by atoms with van der Waals surface area (Å²) >= 11 is 0. The van der Waals surface area contributed by atoms with Crippen molar-refractivity contribution < 1.29 is 24.0 Å². The number of carbonyl (C=O) groups is 2. The number of piperidine rings is 2. The Kier molecular flexibility index (Phi) is 14.9. The minimum Gasteiger partial charge on any atom is -0.462 e. The van der Waals surface area contributed by atoms with Crippen molar-refractivity contribution in [3.63, 3.8) is 0 Å². The number of carbonyl (C=O) groups excluding carboxylic acids is 2. The summed E-state index contributed by atoms with van der Waals surface area (Å²) in [5.41, 5.74) is -1.23. The fourth-order valence-corrected chi connectivity index (χ4v) is 8.12. The normalized spacial score (nSPS) is 23.7. The molecule has 0 aliphatic carbocycles. The Morgan fingerprint density at radius 3 is 1.41 bits per heavy atom. The molecule has 258 valence electrons. The van der Waals surface area contributed by atoms with Crippen molar-refractivity contribution in [2.75, 3.05) is 13.2 Å². The smallest absolute Gasteiger partial charge is 0.313 e. The Morgan fingerprint density at radius 2 is 1.05 bits per heavy atom. The first-order chi connectivity index (χ1) is 20.4. The van der Waals surface area contributed by atoms with Crippen LogP contribution in [0.3, 0.4) is 0 Å². The molecule has 0 amide bonds. The highest BCUT2D eigenvalue weighted by atomic mass is 16.7. The summed E-state index contributed by atoms with van der Waals surface area (Å²) in [5.74, 6) is 0.486. The van der Waals surface area contributed by atoms with Crippen molar-refractivity contribution in [3.8, 4) is 0 Å². The molecule has 0 spiro atoms. The standard InChI is InChI=1S/C37H70N2O5/c1-13-17-19-28(15-3)26-42-38-34(5,6)22-30(23-35(38,7)8)32(40)21-33(41)44-31-24-36(9,10)39(37(11,12)25-31)43-27-29(16-4)20-18-14-2/h28-31H,13-27H2,1-12H3. The van der Waals surface area contributed by atoms with E-state index < -0.39 is 5.97 Å². The molecule has 2 aliphatic heterocycles. The lowest BCUT2D eigenvalue weighted by atomic mass is 9.73. The number of rotatable bonds is 18. The Balaban J connectivity index is 1.97. The van der Waals surface area contributed by atoms with Gasteiger partial charge in [0.2, 0.25) is 0 Å². The Labute approximate surface area is 271 Å². The lowest BCUT2D eigenvalue weighted by molar-refractivity contribution is -0.298. The van der Waals surface area contributed by atoms with Crippen molar-refractivity contribution >= 4 is 11.8 Å². The molecule has 0 bridgehead atoms. The third-order valence-electron chi connectivity index (χ3n) is 10.2. The molecule has 2 unspecified atom stereocenters. The van der Waals surface area contributed by atoms with Gasteiger partial charge >= 0.3 is 5.97 Å². The van der Waals surface area contributed by atoms with Crippen molar-refractivity contribution in [2.45, 2.75) is 195 Å². The zero-order valence-corrected chi connectivity index (χ0v) is 30.9. The van der Waals surface area contributed by atoms with Crippen molar-refractivity contribution in [2.24, 2.45) is 17.8 Å². The van der Waals surface area contributed by atoms with E-state index in [1.165, 1.54) is 38.5 Å². The number of Topliss-reactive ketones (excluding diaryl/α,β-unsaturated/α-hetero) is 1. The number of ketones is 1. The number of unbranched alkanes of at least 4 members (excludes halogenated alkanes) is 2. The Morgan fingerprint density at radius 1 is 0.659 bits per heavy atom.